The van der Waals surface area contributed by atoms with E-state index in [0.717, 1.165) is 73.9 Å². The number of nitrogens with one attached hydrogen (secondary N) is 1. The molecule has 0 spiro atoms. The number of aromatic nitrogens is 2. The Kier molecular flexibility index (Phi) is 6.26. The summed E-state index contributed by atoms with van der Waals surface area (Å²) >= 11 is 0. The molecule has 0 aliphatic heterocycles. The van der Waals surface area contributed by atoms with Crippen LogP contribution in [0.25, 0.3) is 4.72 Å². The summed E-state index contributed by atoms with van der Waals surface area (Å²) in [5.74, 6) is 0. The molecule has 0 unspecified atom stereocenters. The molecule has 10 heteroatoms. The summed E-state index contributed by atoms with van der Waals surface area (Å²) in [7, 11) is 1.48. The fraction of sp³-hybridized carbons (Fsp3) is 0.545. The summed E-state index contributed by atoms with van der Waals surface area (Å²) in [6.07, 6.45) is 7.82. The zero-order valence-corrected chi connectivity index (χ0v) is 22.0. The van der Waals surface area contributed by atoms with Crippen LogP contribution in [-0.4, -0.2) is 43.2 Å². The van der Waals surface area contributed by atoms with Gasteiger partial charge in [0, 0.05) is 13.1 Å². The first-order chi connectivity index (χ1) is 14.7. The van der Waals surface area contributed by atoms with Crippen molar-refractivity contribution in [2.45, 2.75) is 61.9 Å². The van der Waals surface area contributed by atoms with Crippen LogP contribution in [0.3, 0.4) is 0 Å². The molecule has 2 aromatic rings. The van der Waals surface area contributed by atoms with Gasteiger partial charge < -0.3 is 10.0 Å². The number of carbonyl (C=O) groups is 1. The second-order valence-corrected chi connectivity index (χ2v) is 10.7. The van der Waals surface area contributed by atoms with Gasteiger partial charge in [-0.1, -0.05) is 6.07 Å². The molecule has 1 fully saturated rings. The molecule has 1 heterocycles. The van der Waals surface area contributed by atoms with E-state index in [1.807, 2.05) is 14.1 Å². The van der Waals surface area contributed by atoms with Gasteiger partial charge in [-0.2, -0.15) is 5.10 Å². The molecule has 0 bridgehead atoms. The molecule has 5 rings (SSSR count). The number of aryl methyl sites for hydroxylation is 3. The second-order valence-electron chi connectivity index (χ2n) is 9.15. The third-order valence-electron chi connectivity index (χ3n) is 7.09. The zero-order chi connectivity index (χ0) is 22.0. The molecule has 0 radical (unpaired) electrons. The Balaban J connectivity index is 0.00000245. The smallest absolute Gasteiger partial charge is 0.423 e. The van der Waals surface area contributed by atoms with Crippen LogP contribution >= 0.6 is 0 Å². The predicted octanol–water partition coefficient (Wildman–Crippen LogP) is 0.247. The Morgan fingerprint density at radius 2 is 1.69 bits per heavy atom. The van der Waals surface area contributed by atoms with Crippen LogP contribution < -0.4 is 34.9 Å². The molecule has 2 amide bonds. The fourth-order valence-corrected chi connectivity index (χ4v) is 6.15. The van der Waals surface area contributed by atoms with Crippen molar-refractivity contribution < 1.29 is 42.8 Å². The Labute approximate surface area is 211 Å². The van der Waals surface area contributed by atoms with Crippen LogP contribution in [0.4, 0.5) is 10.5 Å². The topological polar surface area (TPSA) is 98.4 Å². The number of hydrogen-bond acceptors (Lipinski definition) is 5. The van der Waals surface area contributed by atoms with Gasteiger partial charge in [0.05, 0.1) is 11.2 Å². The van der Waals surface area contributed by atoms with Crippen LogP contribution in [0, 0.1) is 0 Å². The average Bonchev–Trinajstić information content (AvgIpc) is 3.05. The molecule has 3 aliphatic carbocycles. The van der Waals surface area contributed by atoms with Gasteiger partial charge in [0.1, 0.15) is 0 Å². The van der Waals surface area contributed by atoms with E-state index in [2.05, 4.69) is 26.1 Å². The van der Waals surface area contributed by atoms with Gasteiger partial charge in [0.25, 0.3) is 0 Å². The van der Waals surface area contributed by atoms with E-state index in [9.17, 15) is 13.2 Å². The fourth-order valence-electron chi connectivity index (χ4n) is 5.31. The maximum atomic E-state index is 12.9. The number of nitrogens with zero attached hydrogens (tertiary/aromatic N) is 4. The molecular formula is C22H28N5NaO3S. The molecule has 1 aromatic carbocycles. The number of benzene rings is 1. The molecule has 8 nitrogen and oxygen atoms in total. The molecule has 0 atom stereocenters. The zero-order valence-electron chi connectivity index (χ0n) is 19.2. The van der Waals surface area contributed by atoms with E-state index < -0.39 is 16.1 Å². The summed E-state index contributed by atoms with van der Waals surface area (Å²) in [5.41, 5.74) is 6.25. The van der Waals surface area contributed by atoms with Crippen LogP contribution in [0.2, 0.25) is 0 Å². The Hall–Kier alpha value is -1.39. The van der Waals surface area contributed by atoms with E-state index in [0.29, 0.717) is 0 Å². The standard InChI is InChI=1S/C22H29N5O3S.Na/c1-26(2)22(10-11-22)18-13-19(24-27(18)3)31(29,30)25-21(28)23-20-16-8-4-6-14(16)12-15-7-5-9-17(15)20;/h12-13H,4-11H2,1-3H3,(H2,23,25,28);/q;+1/p-1. The van der Waals surface area contributed by atoms with Crippen molar-refractivity contribution in [1.82, 2.24) is 14.7 Å². The first kappa shape index (κ1) is 23.8. The Bertz CT molecular complexity index is 1150. The van der Waals surface area contributed by atoms with E-state index >= 15 is 0 Å². The van der Waals surface area contributed by atoms with Gasteiger partial charge in [0.2, 0.25) is 10.0 Å². The second kappa shape index (κ2) is 8.43. The average molecular weight is 466 g/mol. The maximum Gasteiger partial charge on any atom is 1.00 e. The molecule has 3 aliphatic rings. The third-order valence-corrected chi connectivity index (χ3v) is 8.22. The minimum atomic E-state index is -4.21. The van der Waals surface area contributed by atoms with E-state index in [4.69, 9.17) is 0 Å². The van der Waals surface area contributed by atoms with E-state index in [1.165, 1.54) is 11.1 Å². The summed E-state index contributed by atoms with van der Waals surface area (Å²) in [6, 6.07) is 2.97. The van der Waals surface area contributed by atoms with Crippen molar-refractivity contribution in [2.24, 2.45) is 7.05 Å². The molecule has 166 valence electrons. The van der Waals surface area contributed by atoms with Crippen molar-refractivity contribution in [3.63, 3.8) is 0 Å². The molecule has 1 N–H and O–H groups in total. The minimum absolute atomic E-state index is 0. The largest absolute Gasteiger partial charge is 1.00 e. The van der Waals surface area contributed by atoms with Crippen LogP contribution in [0.15, 0.2) is 17.2 Å². The summed E-state index contributed by atoms with van der Waals surface area (Å²) in [5, 5.41) is 6.81. The first-order valence-corrected chi connectivity index (χ1v) is 12.3. The molecule has 32 heavy (non-hydrogen) atoms. The summed E-state index contributed by atoms with van der Waals surface area (Å²) in [4.78, 5) is 14.8. The Morgan fingerprint density at radius 3 is 2.22 bits per heavy atom. The van der Waals surface area contributed by atoms with Gasteiger partial charge in [-0.05, 0) is 93.4 Å². The van der Waals surface area contributed by atoms with Crippen LogP contribution in [0.1, 0.15) is 53.6 Å². The maximum absolute atomic E-state index is 12.9. The van der Waals surface area contributed by atoms with Crippen LogP contribution in [-0.2, 0) is 48.3 Å². The number of rotatable bonds is 5. The van der Waals surface area contributed by atoms with Gasteiger partial charge in [-0.25, -0.2) is 8.42 Å². The van der Waals surface area contributed by atoms with Crippen molar-refractivity contribution >= 4 is 21.7 Å². The number of anilines is 1. The number of carbonyl (C=O) groups excluding carboxylic acids is 1. The van der Waals surface area contributed by atoms with E-state index in [1.54, 1.807) is 17.8 Å². The Morgan fingerprint density at radius 1 is 1.09 bits per heavy atom. The summed E-state index contributed by atoms with van der Waals surface area (Å²) < 4.78 is 30.9. The van der Waals surface area contributed by atoms with E-state index in [-0.39, 0.29) is 40.1 Å². The van der Waals surface area contributed by atoms with Gasteiger partial charge in [-0.15, -0.1) is 0 Å². The normalized spacial score (nSPS) is 18.1. The number of hydrogen-bond donors (Lipinski definition) is 1. The third kappa shape index (κ3) is 3.92. The first-order valence-electron chi connectivity index (χ1n) is 10.9. The van der Waals surface area contributed by atoms with Gasteiger partial charge in [0.15, 0.2) is 11.1 Å². The minimum Gasteiger partial charge on any atom is -0.423 e. The van der Waals surface area contributed by atoms with Crippen LogP contribution in [0.5, 0.6) is 0 Å². The molecule has 1 aromatic heterocycles. The van der Waals surface area contributed by atoms with Gasteiger partial charge in [-0.3, -0.25) is 14.4 Å². The number of urea groups is 1. The number of sulfonamides is 1. The SMILES string of the molecule is CN(C)C1(c2cc(S(=O)(=O)[N-]C(=O)Nc3c4c(cc5c3CCC5)CCC4)nn2C)CC1.[Na+]. The monoisotopic (exact) mass is 465 g/mol. The quantitative estimate of drug-likeness (QED) is 0.639. The molecule has 1 saturated carbocycles. The number of fused-ring (bicyclic) bond motifs is 2. The van der Waals surface area contributed by atoms with Crippen molar-refractivity contribution in [2.75, 3.05) is 19.4 Å². The summed E-state index contributed by atoms with van der Waals surface area (Å²) in [6.45, 7) is 0. The predicted molar refractivity (Wildman–Crippen MR) is 118 cm³/mol. The number of amides is 2. The molecule has 0 saturated heterocycles. The van der Waals surface area contributed by atoms with Crippen molar-refractivity contribution in [3.05, 3.63) is 44.8 Å². The van der Waals surface area contributed by atoms with Gasteiger partial charge >= 0.3 is 29.6 Å². The van der Waals surface area contributed by atoms with Crippen molar-refractivity contribution in [3.8, 4) is 0 Å². The molecular weight excluding hydrogens is 437 g/mol. The van der Waals surface area contributed by atoms with Crippen molar-refractivity contribution in [1.29, 1.82) is 0 Å².